The molecule has 0 fully saturated rings. The number of nitrogens with one attached hydrogen (secondary N) is 1. The van der Waals surface area contributed by atoms with Gasteiger partial charge in [-0.1, -0.05) is 37.9 Å². The van der Waals surface area contributed by atoms with Crippen molar-refractivity contribution in [1.29, 1.82) is 0 Å². The molecule has 0 aliphatic rings. The zero-order chi connectivity index (χ0) is 12.1. The molecule has 0 saturated carbocycles. The third-order valence-corrected chi connectivity index (χ3v) is 2.66. The van der Waals surface area contributed by atoms with E-state index in [4.69, 9.17) is 0 Å². The molecular formula is C12H19N3S. The fourth-order valence-electron chi connectivity index (χ4n) is 1.71. The smallest absolute Gasteiger partial charge is 0.165 e. The summed E-state index contributed by atoms with van der Waals surface area (Å²) in [6, 6.07) is 6.26. The summed E-state index contributed by atoms with van der Waals surface area (Å²) in [5.74, 6) is 0.943. The molecule has 0 spiro atoms. The van der Waals surface area contributed by atoms with Gasteiger partial charge >= 0.3 is 0 Å². The minimum absolute atomic E-state index is 0.943. The molecule has 2 aromatic rings. The van der Waals surface area contributed by atoms with Gasteiger partial charge in [0.2, 0.25) is 0 Å². The maximum absolute atomic E-state index is 4.43. The molecule has 1 N–H and O–H groups in total. The van der Waals surface area contributed by atoms with Crippen LogP contribution in [0.15, 0.2) is 18.2 Å². The number of benzene rings is 1. The van der Waals surface area contributed by atoms with Gasteiger partial charge in [0.05, 0.1) is 5.52 Å². The van der Waals surface area contributed by atoms with Gasteiger partial charge in [-0.25, -0.2) is 0 Å². The quantitative estimate of drug-likeness (QED) is 0.809. The van der Waals surface area contributed by atoms with E-state index in [1.807, 2.05) is 31.8 Å². The van der Waals surface area contributed by atoms with Crippen molar-refractivity contribution in [3.05, 3.63) is 23.8 Å². The number of para-hydroxylation sites is 1. The lowest BCUT2D eigenvalue weighted by molar-refractivity contribution is 0.800. The van der Waals surface area contributed by atoms with E-state index in [9.17, 15) is 0 Å². The Hall–Kier alpha value is -1.16. The normalized spacial score (nSPS) is 9.81. The van der Waals surface area contributed by atoms with E-state index >= 15 is 0 Å². The third kappa shape index (κ3) is 2.32. The second kappa shape index (κ2) is 5.80. The largest absolute Gasteiger partial charge is 0.313 e. The van der Waals surface area contributed by atoms with Crippen LogP contribution in [0.25, 0.3) is 10.9 Å². The van der Waals surface area contributed by atoms with Crippen molar-refractivity contribution in [3.63, 3.8) is 0 Å². The monoisotopic (exact) mass is 237 g/mol. The number of anilines is 1. The van der Waals surface area contributed by atoms with Gasteiger partial charge in [0.1, 0.15) is 0 Å². The highest BCUT2D eigenvalue weighted by molar-refractivity contribution is 7.99. The van der Waals surface area contributed by atoms with Gasteiger partial charge in [0.25, 0.3) is 0 Å². The Kier molecular flexibility index (Phi) is 4.68. The van der Waals surface area contributed by atoms with Crippen LogP contribution in [0.4, 0.5) is 5.82 Å². The Balaban J connectivity index is 0.000000606. The van der Waals surface area contributed by atoms with E-state index in [1.165, 1.54) is 16.5 Å². The van der Waals surface area contributed by atoms with E-state index in [-0.39, 0.29) is 0 Å². The number of fused-ring (bicyclic) bond motifs is 1. The number of aromatic nitrogens is 2. The van der Waals surface area contributed by atoms with Crippen LogP contribution in [0.1, 0.15) is 19.4 Å². The molecule has 16 heavy (non-hydrogen) atoms. The number of nitrogens with zero attached hydrogens (tertiary/aromatic N) is 2. The maximum atomic E-state index is 4.43. The zero-order valence-corrected chi connectivity index (χ0v) is 11.4. The van der Waals surface area contributed by atoms with Crippen molar-refractivity contribution >= 4 is 28.7 Å². The van der Waals surface area contributed by atoms with E-state index in [0.29, 0.717) is 0 Å². The van der Waals surface area contributed by atoms with E-state index in [2.05, 4.69) is 34.9 Å². The molecule has 2 rings (SSSR count). The molecule has 3 nitrogen and oxygen atoms in total. The third-order valence-electron chi connectivity index (χ3n) is 2.27. The minimum atomic E-state index is 0.943. The Bertz CT molecular complexity index is 462. The lowest BCUT2D eigenvalue weighted by Gasteiger charge is -1.98. The second-order valence-electron chi connectivity index (χ2n) is 3.25. The van der Waals surface area contributed by atoms with Crippen LogP contribution in [0.2, 0.25) is 0 Å². The van der Waals surface area contributed by atoms with Crippen LogP contribution in [0, 0.1) is 6.92 Å². The zero-order valence-electron chi connectivity index (χ0n) is 10.5. The summed E-state index contributed by atoms with van der Waals surface area (Å²) in [6.45, 7) is 6.10. The van der Waals surface area contributed by atoms with Crippen LogP contribution in [-0.2, 0) is 7.05 Å². The van der Waals surface area contributed by atoms with Gasteiger partial charge < -0.3 is 4.72 Å². The average molecular weight is 237 g/mol. The van der Waals surface area contributed by atoms with E-state index in [1.54, 1.807) is 11.9 Å². The lowest BCUT2D eigenvalue weighted by atomic mass is 10.1. The molecule has 0 aliphatic heterocycles. The summed E-state index contributed by atoms with van der Waals surface area (Å²) in [5, 5.41) is 5.61. The van der Waals surface area contributed by atoms with Crippen LogP contribution < -0.4 is 4.72 Å². The number of aryl methyl sites for hydroxylation is 2. The average Bonchev–Trinajstić information content (AvgIpc) is 2.61. The predicted octanol–water partition coefficient (Wildman–Crippen LogP) is 3.60. The first-order chi connectivity index (χ1) is 7.74. The Morgan fingerprint density at radius 2 is 2.00 bits per heavy atom. The summed E-state index contributed by atoms with van der Waals surface area (Å²) in [5.41, 5.74) is 2.45. The summed E-state index contributed by atoms with van der Waals surface area (Å²) >= 11 is 1.56. The summed E-state index contributed by atoms with van der Waals surface area (Å²) in [7, 11) is 1.97. The molecule has 0 saturated heterocycles. The standard InChI is InChI=1S/C10H13N3S.C2H6/c1-7-5-4-6-8-9(7)13(2)11-10(8)12-14-3;1-2/h4-6H,1-3H3,(H,11,12);1-2H3. The van der Waals surface area contributed by atoms with E-state index in [0.717, 1.165) is 5.82 Å². The minimum Gasteiger partial charge on any atom is -0.313 e. The fraction of sp³-hybridized carbons (Fsp3) is 0.417. The van der Waals surface area contributed by atoms with Gasteiger partial charge in [-0.2, -0.15) is 5.10 Å². The number of hydrogen-bond donors (Lipinski definition) is 1. The molecule has 0 atom stereocenters. The Labute approximate surface area is 101 Å². The molecule has 0 unspecified atom stereocenters. The highest BCUT2D eigenvalue weighted by Crippen LogP contribution is 2.25. The molecule has 88 valence electrons. The molecule has 1 aromatic heterocycles. The molecule has 0 radical (unpaired) electrons. The molecule has 4 heteroatoms. The molecule has 0 bridgehead atoms. The first-order valence-electron chi connectivity index (χ1n) is 5.45. The van der Waals surface area contributed by atoms with Crippen LogP contribution in [0.5, 0.6) is 0 Å². The Morgan fingerprint density at radius 3 is 2.62 bits per heavy atom. The number of rotatable bonds is 2. The lowest BCUT2D eigenvalue weighted by Crippen LogP contribution is -1.92. The van der Waals surface area contributed by atoms with Crippen molar-refractivity contribution in [2.24, 2.45) is 7.05 Å². The number of hydrogen-bond acceptors (Lipinski definition) is 3. The van der Waals surface area contributed by atoms with Crippen molar-refractivity contribution in [1.82, 2.24) is 9.78 Å². The maximum Gasteiger partial charge on any atom is 0.165 e. The van der Waals surface area contributed by atoms with Crippen LogP contribution >= 0.6 is 11.9 Å². The van der Waals surface area contributed by atoms with Crippen molar-refractivity contribution in [3.8, 4) is 0 Å². The van der Waals surface area contributed by atoms with Gasteiger partial charge in [0, 0.05) is 18.7 Å². The summed E-state index contributed by atoms with van der Waals surface area (Å²) in [4.78, 5) is 0. The first-order valence-corrected chi connectivity index (χ1v) is 6.68. The highest BCUT2D eigenvalue weighted by Gasteiger charge is 2.08. The highest BCUT2D eigenvalue weighted by atomic mass is 32.2. The van der Waals surface area contributed by atoms with Gasteiger partial charge in [-0.3, -0.25) is 4.68 Å². The van der Waals surface area contributed by atoms with Crippen LogP contribution in [0.3, 0.4) is 0 Å². The fourth-order valence-corrected chi connectivity index (χ4v) is 2.05. The van der Waals surface area contributed by atoms with Crippen molar-refractivity contribution < 1.29 is 0 Å². The van der Waals surface area contributed by atoms with Crippen molar-refractivity contribution in [2.75, 3.05) is 11.0 Å². The Morgan fingerprint density at radius 1 is 1.31 bits per heavy atom. The molecule has 1 heterocycles. The SMILES string of the molecule is CC.CSNc1nn(C)c2c(C)cccc12. The molecule has 0 amide bonds. The molecule has 0 aliphatic carbocycles. The summed E-state index contributed by atoms with van der Waals surface area (Å²) < 4.78 is 5.10. The molecular weight excluding hydrogens is 218 g/mol. The topological polar surface area (TPSA) is 29.9 Å². The predicted molar refractivity (Wildman–Crippen MR) is 73.9 cm³/mol. The van der Waals surface area contributed by atoms with Crippen molar-refractivity contribution in [2.45, 2.75) is 20.8 Å². The van der Waals surface area contributed by atoms with E-state index < -0.39 is 0 Å². The molecule has 1 aromatic carbocycles. The van der Waals surface area contributed by atoms with Gasteiger partial charge in [-0.05, 0) is 18.6 Å². The first kappa shape index (κ1) is 12.9. The van der Waals surface area contributed by atoms with Gasteiger partial charge in [-0.15, -0.1) is 0 Å². The summed E-state index contributed by atoms with van der Waals surface area (Å²) in [6.07, 6.45) is 2.00. The second-order valence-corrected chi connectivity index (χ2v) is 3.86. The van der Waals surface area contributed by atoms with Gasteiger partial charge in [0.15, 0.2) is 5.82 Å². The van der Waals surface area contributed by atoms with Crippen LogP contribution in [-0.4, -0.2) is 16.0 Å².